The first-order valence-corrected chi connectivity index (χ1v) is 9.90. The third-order valence-corrected chi connectivity index (χ3v) is 7.00. The standard InChI is InChI=1S/C22H24N4O/c1-27-16-2-3-19-18(14-16)17-6-11-26-21(15-4-9-23-10-5-15)25-12-7-22(26,8-13-25)20(17)24-19/h2-5,9-10,14,21,24H,6-8,11-13H2,1H3/t21-/m1/s1. The maximum Gasteiger partial charge on any atom is 0.119 e. The summed E-state index contributed by atoms with van der Waals surface area (Å²) in [4.78, 5) is 13.5. The number of piperidine rings is 1. The Balaban J connectivity index is 1.52. The smallest absolute Gasteiger partial charge is 0.119 e. The molecule has 3 saturated heterocycles. The number of benzene rings is 1. The second kappa shape index (κ2) is 5.57. The Hall–Kier alpha value is -2.37. The molecule has 1 atom stereocenters. The summed E-state index contributed by atoms with van der Waals surface area (Å²) in [6, 6.07) is 10.8. The Morgan fingerprint density at radius 1 is 1.11 bits per heavy atom. The zero-order valence-corrected chi connectivity index (χ0v) is 15.6. The van der Waals surface area contributed by atoms with Crippen LogP contribution in [-0.4, -0.2) is 46.5 Å². The number of rotatable bonds is 2. The summed E-state index contributed by atoms with van der Waals surface area (Å²) in [7, 11) is 1.75. The fourth-order valence-electron chi connectivity index (χ4n) is 5.76. The molecule has 2 aromatic heterocycles. The van der Waals surface area contributed by atoms with E-state index in [1.807, 2.05) is 12.4 Å². The number of methoxy groups -OCH3 is 1. The largest absolute Gasteiger partial charge is 0.497 e. The molecule has 1 N–H and O–H groups in total. The zero-order chi connectivity index (χ0) is 18.0. The fourth-order valence-corrected chi connectivity index (χ4v) is 5.76. The minimum absolute atomic E-state index is 0.128. The minimum Gasteiger partial charge on any atom is -0.497 e. The van der Waals surface area contributed by atoms with Crippen molar-refractivity contribution in [2.24, 2.45) is 0 Å². The molecule has 27 heavy (non-hydrogen) atoms. The number of ether oxygens (including phenoxy) is 1. The van der Waals surface area contributed by atoms with Gasteiger partial charge in [0.1, 0.15) is 5.75 Å². The first-order valence-electron chi connectivity index (χ1n) is 9.90. The summed E-state index contributed by atoms with van der Waals surface area (Å²) in [5.41, 5.74) is 5.70. The van der Waals surface area contributed by atoms with Crippen molar-refractivity contribution < 1.29 is 4.74 Å². The van der Waals surface area contributed by atoms with Crippen LogP contribution in [0.5, 0.6) is 5.75 Å². The zero-order valence-electron chi connectivity index (χ0n) is 15.6. The van der Waals surface area contributed by atoms with Crippen LogP contribution < -0.4 is 4.74 Å². The second-order valence-electron chi connectivity index (χ2n) is 8.06. The average Bonchev–Trinajstić information content (AvgIpc) is 3.13. The van der Waals surface area contributed by atoms with Gasteiger partial charge in [-0.3, -0.25) is 14.8 Å². The number of hydrogen-bond acceptors (Lipinski definition) is 4. The maximum absolute atomic E-state index is 5.49. The molecular weight excluding hydrogens is 336 g/mol. The van der Waals surface area contributed by atoms with Gasteiger partial charge in [0, 0.05) is 48.6 Å². The van der Waals surface area contributed by atoms with Crippen molar-refractivity contribution >= 4 is 10.9 Å². The number of hydrogen-bond donors (Lipinski definition) is 1. The summed E-state index contributed by atoms with van der Waals surface area (Å²) >= 11 is 0. The second-order valence-corrected chi connectivity index (χ2v) is 8.06. The molecule has 6 heterocycles. The van der Waals surface area contributed by atoms with Crippen molar-refractivity contribution in [1.29, 1.82) is 0 Å². The van der Waals surface area contributed by atoms with Gasteiger partial charge in [-0.05, 0) is 60.7 Å². The van der Waals surface area contributed by atoms with Crippen LogP contribution in [0.25, 0.3) is 10.9 Å². The Kier molecular flexibility index (Phi) is 3.23. The van der Waals surface area contributed by atoms with E-state index in [0.717, 1.165) is 31.8 Å². The van der Waals surface area contributed by atoms with Crippen LogP contribution in [0.1, 0.15) is 35.8 Å². The normalized spacial score (nSPS) is 29.5. The number of fused-ring (bicyclic) bond motifs is 5. The van der Waals surface area contributed by atoms with Crippen molar-refractivity contribution in [3.63, 3.8) is 0 Å². The molecule has 5 heteroatoms. The monoisotopic (exact) mass is 360 g/mol. The molecular formula is C22H24N4O. The van der Waals surface area contributed by atoms with E-state index in [-0.39, 0.29) is 5.54 Å². The third-order valence-electron chi connectivity index (χ3n) is 7.00. The molecule has 4 aliphatic heterocycles. The van der Waals surface area contributed by atoms with Crippen molar-refractivity contribution in [2.75, 3.05) is 26.7 Å². The number of H-pyrrole nitrogens is 1. The highest BCUT2D eigenvalue weighted by Gasteiger charge is 2.55. The van der Waals surface area contributed by atoms with Gasteiger partial charge in [-0.25, -0.2) is 0 Å². The summed E-state index contributed by atoms with van der Waals surface area (Å²) in [6.07, 6.45) is 7.70. The lowest BCUT2D eigenvalue weighted by molar-refractivity contribution is -0.149. The van der Waals surface area contributed by atoms with Gasteiger partial charge in [-0.2, -0.15) is 0 Å². The Morgan fingerprint density at radius 3 is 2.70 bits per heavy atom. The molecule has 1 aromatic carbocycles. The highest BCUT2D eigenvalue weighted by molar-refractivity contribution is 5.87. The van der Waals surface area contributed by atoms with Crippen molar-refractivity contribution in [3.8, 4) is 5.75 Å². The molecule has 1 spiro atoms. The van der Waals surface area contributed by atoms with Gasteiger partial charge in [0.25, 0.3) is 0 Å². The molecule has 138 valence electrons. The molecule has 7 rings (SSSR count). The SMILES string of the molecule is COc1ccc2[nH]c3c(c2c1)CCN1[C@H](c2ccncc2)N2CCC31CC2. The summed E-state index contributed by atoms with van der Waals surface area (Å²) in [5.74, 6) is 0.942. The molecule has 0 unspecified atom stereocenters. The molecule has 5 nitrogen and oxygen atoms in total. The number of nitrogens with zero attached hydrogens (tertiary/aromatic N) is 3. The average molecular weight is 360 g/mol. The van der Waals surface area contributed by atoms with Gasteiger partial charge in [0.15, 0.2) is 0 Å². The lowest BCUT2D eigenvalue weighted by Crippen LogP contribution is -2.66. The van der Waals surface area contributed by atoms with Crippen molar-refractivity contribution in [1.82, 2.24) is 19.8 Å². The van der Waals surface area contributed by atoms with Crippen molar-refractivity contribution in [3.05, 3.63) is 59.5 Å². The van der Waals surface area contributed by atoms with Crippen molar-refractivity contribution in [2.45, 2.75) is 31.0 Å². The van der Waals surface area contributed by atoms with Crippen LogP contribution in [0.15, 0.2) is 42.7 Å². The van der Waals surface area contributed by atoms with Gasteiger partial charge in [0.05, 0.1) is 18.8 Å². The lowest BCUT2D eigenvalue weighted by atomic mass is 9.73. The first-order chi connectivity index (χ1) is 13.3. The molecule has 0 aliphatic carbocycles. The summed E-state index contributed by atoms with van der Waals surface area (Å²) < 4.78 is 5.49. The van der Waals surface area contributed by atoms with E-state index >= 15 is 0 Å². The van der Waals surface area contributed by atoms with Crippen LogP contribution in [0, 0.1) is 0 Å². The molecule has 2 bridgehead atoms. The van der Waals surface area contributed by atoms with E-state index in [0.29, 0.717) is 6.17 Å². The van der Waals surface area contributed by atoms with Crippen LogP contribution in [0.3, 0.4) is 0 Å². The van der Waals surface area contributed by atoms with Crippen LogP contribution in [0.2, 0.25) is 0 Å². The predicted octanol–water partition coefficient (Wildman–Crippen LogP) is 3.43. The van der Waals surface area contributed by atoms with E-state index in [2.05, 4.69) is 50.1 Å². The van der Waals surface area contributed by atoms with E-state index in [4.69, 9.17) is 4.74 Å². The minimum atomic E-state index is 0.128. The number of nitrogens with one attached hydrogen (secondary N) is 1. The number of pyridine rings is 1. The van der Waals surface area contributed by atoms with E-state index < -0.39 is 0 Å². The van der Waals surface area contributed by atoms with Crippen LogP contribution in [-0.2, 0) is 12.0 Å². The highest BCUT2D eigenvalue weighted by Crippen LogP contribution is 2.54. The van der Waals surface area contributed by atoms with Gasteiger partial charge in [-0.15, -0.1) is 0 Å². The van der Waals surface area contributed by atoms with E-state index in [1.54, 1.807) is 7.11 Å². The maximum atomic E-state index is 5.49. The lowest BCUT2D eigenvalue weighted by Gasteiger charge is -2.62. The highest BCUT2D eigenvalue weighted by atomic mass is 16.5. The number of aromatic amines is 1. The topological polar surface area (TPSA) is 44.4 Å². The van der Waals surface area contributed by atoms with E-state index in [1.165, 1.54) is 40.6 Å². The predicted molar refractivity (Wildman–Crippen MR) is 105 cm³/mol. The molecule has 0 radical (unpaired) electrons. The molecule has 3 aromatic rings. The van der Waals surface area contributed by atoms with Crippen LogP contribution >= 0.6 is 0 Å². The first kappa shape index (κ1) is 15.7. The molecule has 3 fully saturated rings. The molecule has 4 aliphatic rings. The van der Waals surface area contributed by atoms with Gasteiger partial charge < -0.3 is 9.72 Å². The van der Waals surface area contributed by atoms with Gasteiger partial charge >= 0.3 is 0 Å². The Labute approximate surface area is 158 Å². The third kappa shape index (κ3) is 2.04. The Bertz CT molecular complexity index is 1000. The molecule has 0 saturated carbocycles. The number of aromatic nitrogens is 2. The fraction of sp³-hybridized carbons (Fsp3) is 0.409. The Morgan fingerprint density at radius 2 is 1.93 bits per heavy atom. The van der Waals surface area contributed by atoms with Gasteiger partial charge in [0.2, 0.25) is 0 Å². The van der Waals surface area contributed by atoms with Crippen LogP contribution in [0.4, 0.5) is 0 Å². The van der Waals surface area contributed by atoms with Gasteiger partial charge in [-0.1, -0.05) is 0 Å². The van der Waals surface area contributed by atoms with E-state index in [9.17, 15) is 0 Å². The summed E-state index contributed by atoms with van der Waals surface area (Å²) in [5, 5.41) is 1.34. The molecule has 0 amide bonds. The summed E-state index contributed by atoms with van der Waals surface area (Å²) in [6.45, 7) is 3.41. The quantitative estimate of drug-likeness (QED) is 0.760.